The minimum atomic E-state index is -3.90. The first-order valence-corrected chi connectivity index (χ1v) is 14.5. The zero-order valence-electron chi connectivity index (χ0n) is 22.3. The first kappa shape index (κ1) is 28.9. The Morgan fingerprint density at radius 3 is 2.27 bits per heavy atom. The summed E-state index contributed by atoms with van der Waals surface area (Å²) in [5.41, 5.74) is 9.50. The van der Waals surface area contributed by atoms with Crippen LogP contribution in [0, 0.1) is 0 Å². The van der Waals surface area contributed by atoms with Gasteiger partial charge in [0.05, 0.1) is 24.7 Å². The van der Waals surface area contributed by atoms with Crippen LogP contribution in [0.5, 0.6) is 0 Å². The number of carbonyl (C=O) groups is 1. The summed E-state index contributed by atoms with van der Waals surface area (Å²) < 4.78 is 27.0. The molecule has 2 aromatic heterocycles. The maximum atomic E-state index is 13.8. The quantitative estimate of drug-likeness (QED) is 0.116. The lowest BCUT2D eigenvalue weighted by Gasteiger charge is -2.22. The maximum absolute atomic E-state index is 13.8. The molecule has 0 aliphatic carbocycles. The summed E-state index contributed by atoms with van der Waals surface area (Å²) >= 11 is 0. The molecule has 1 unspecified atom stereocenters. The fourth-order valence-corrected chi connectivity index (χ4v) is 5.50. The van der Waals surface area contributed by atoms with E-state index in [1.165, 1.54) is 13.3 Å². The Morgan fingerprint density at radius 2 is 1.68 bits per heavy atom. The van der Waals surface area contributed by atoms with Gasteiger partial charge in [0.15, 0.2) is 11.5 Å². The summed E-state index contributed by atoms with van der Waals surface area (Å²) in [5, 5.41) is 16.3. The molecule has 0 fully saturated rings. The van der Waals surface area contributed by atoms with Gasteiger partial charge in [0, 0.05) is 12.8 Å². The topological polar surface area (TPSA) is 167 Å². The number of carboxylic acid groups (broad SMARTS) is 1. The lowest BCUT2D eigenvalue weighted by atomic mass is 10.0. The van der Waals surface area contributed by atoms with E-state index < -0.39 is 32.0 Å². The van der Waals surface area contributed by atoms with Crippen molar-refractivity contribution in [2.75, 3.05) is 12.1 Å². The number of oxime groups is 1. The Bertz CT molecular complexity index is 1450. The Hall–Kier alpha value is -4.12. The van der Waals surface area contributed by atoms with Crippen molar-refractivity contribution in [3.8, 4) is 0 Å². The molecule has 3 atom stereocenters. The number of hydrogen-bond donors (Lipinski definition) is 3. The van der Waals surface area contributed by atoms with Crippen LogP contribution in [0.25, 0.3) is 11.2 Å². The Morgan fingerprint density at radius 1 is 1.05 bits per heavy atom. The summed E-state index contributed by atoms with van der Waals surface area (Å²) in [7, 11) is -3.90. The number of hydrogen-bond acceptors (Lipinski definition) is 9. The van der Waals surface area contributed by atoms with Gasteiger partial charge < -0.3 is 24.8 Å². The molecular formula is C27H32N7O5P. The van der Waals surface area contributed by atoms with E-state index in [4.69, 9.17) is 15.1 Å². The second-order valence-corrected chi connectivity index (χ2v) is 11.4. The molecule has 0 spiro atoms. The van der Waals surface area contributed by atoms with Gasteiger partial charge in [-0.1, -0.05) is 65.8 Å². The van der Waals surface area contributed by atoms with Crippen molar-refractivity contribution in [2.45, 2.75) is 45.4 Å². The Labute approximate surface area is 231 Å². The van der Waals surface area contributed by atoms with Crippen molar-refractivity contribution in [1.82, 2.24) is 24.6 Å². The van der Waals surface area contributed by atoms with E-state index >= 15 is 0 Å². The fourth-order valence-electron chi connectivity index (χ4n) is 3.94. The summed E-state index contributed by atoms with van der Waals surface area (Å²) in [4.78, 5) is 23.9. The molecule has 0 saturated carbocycles. The van der Waals surface area contributed by atoms with Gasteiger partial charge >= 0.3 is 13.5 Å². The molecule has 40 heavy (non-hydrogen) atoms. The molecule has 0 radical (unpaired) electrons. The highest BCUT2D eigenvalue weighted by molar-refractivity contribution is 7.56. The van der Waals surface area contributed by atoms with Gasteiger partial charge in [-0.3, -0.25) is 9.36 Å². The lowest BCUT2D eigenvalue weighted by molar-refractivity contribution is -0.138. The number of nitrogens with zero attached hydrogens (tertiary/aromatic N) is 5. The second-order valence-electron chi connectivity index (χ2n) is 9.36. The molecular weight excluding hydrogens is 533 g/mol. The molecule has 13 heteroatoms. The zero-order valence-corrected chi connectivity index (χ0v) is 23.1. The highest BCUT2D eigenvalue weighted by Gasteiger charge is 2.31. The smallest absolute Gasteiger partial charge is 0.364 e. The third kappa shape index (κ3) is 7.95. The standard InChI is InChI=1S/C27H32N7O5P/c1-19(15-34-17-31-24-25(28)29-16-30-26(24)34)38-18-40(37,33-20(2)27(35)36)39-32-23(13-21-9-5-3-6-10-21)14-22-11-7-4-8-12-22/h3-12,16-17,19-20H,13-15,18H2,1-2H3,(H,33,37)(H,35,36)(H2,28,29,30)/t19-,20+,40?/m1/s1. The van der Waals surface area contributed by atoms with Gasteiger partial charge in [-0.05, 0) is 25.0 Å². The van der Waals surface area contributed by atoms with Crippen LogP contribution < -0.4 is 10.8 Å². The zero-order chi connectivity index (χ0) is 28.5. The van der Waals surface area contributed by atoms with Crippen molar-refractivity contribution in [2.24, 2.45) is 5.16 Å². The second kappa shape index (κ2) is 13.3. The van der Waals surface area contributed by atoms with Crippen LogP contribution in [0.1, 0.15) is 25.0 Å². The minimum Gasteiger partial charge on any atom is -0.480 e. The average molecular weight is 566 g/mol. The van der Waals surface area contributed by atoms with Crippen LogP contribution in [0.15, 0.2) is 78.5 Å². The van der Waals surface area contributed by atoms with E-state index in [0.717, 1.165) is 11.1 Å². The number of ether oxygens (including phenoxy) is 1. The number of rotatable bonds is 14. The third-order valence-electron chi connectivity index (χ3n) is 5.98. The summed E-state index contributed by atoms with van der Waals surface area (Å²) in [6, 6.07) is 18.3. The van der Waals surface area contributed by atoms with Crippen LogP contribution in [0.4, 0.5) is 5.82 Å². The number of nitrogens with one attached hydrogen (secondary N) is 1. The number of aromatic nitrogens is 4. The van der Waals surface area contributed by atoms with Crippen LogP contribution in [0.2, 0.25) is 0 Å². The van der Waals surface area contributed by atoms with E-state index in [-0.39, 0.29) is 5.82 Å². The van der Waals surface area contributed by atoms with Gasteiger partial charge in [0.1, 0.15) is 24.2 Å². The van der Waals surface area contributed by atoms with Gasteiger partial charge in [-0.25, -0.2) is 20.0 Å². The normalized spacial score (nSPS) is 14.2. The van der Waals surface area contributed by atoms with Crippen LogP contribution in [-0.4, -0.2) is 54.8 Å². The molecule has 0 aliphatic heterocycles. The molecule has 4 rings (SSSR count). The average Bonchev–Trinajstić information content (AvgIpc) is 3.35. The van der Waals surface area contributed by atoms with Crippen molar-refractivity contribution in [3.05, 3.63) is 84.4 Å². The summed E-state index contributed by atoms with van der Waals surface area (Å²) in [6.07, 6.45) is 2.95. The van der Waals surface area contributed by atoms with Gasteiger partial charge in [-0.2, -0.15) is 0 Å². The van der Waals surface area contributed by atoms with Crippen LogP contribution in [0.3, 0.4) is 0 Å². The number of aliphatic carboxylic acids is 1. The number of carboxylic acids is 1. The van der Waals surface area contributed by atoms with E-state index in [9.17, 15) is 14.5 Å². The highest BCUT2D eigenvalue weighted by atomic mass is 31.2. The monoisotopic (exact) mass is 565 g/mol. The van der Waals surface area contributed by atoms with Crippen LogP contribution >= 0.6 is 7.52 Å². The molecule has 12 nitrogen and oxygen atoms in total. The number of benzene rings is 2. The molecule has 4 N–H and O–H groups in total. The highest BCUT2D eigenvalue weighted by Crippen LogP contribution is 2.44. The predicted molar refractivity (Wildman–Crippen MR) is 152 cm³/mol. The van der Waals surface area contributed by atoms with E-state index in [1.54, 1.807) is 17.8 Å². The minimum absolute atomic E-state index is 0.266. The van der Waals surface area contributed by atoms with Crippen molar-refractivity contribution < 1.29 is 23.8 Å². The van der Waals surface area contributed by atoms with E-state index in [2.05, 4.69) is 25.2 Å². The number of anilines is 1. The molecule has 0 amide bonds. The molecule has 210 valence electrons. The third-order valence-corrected chi connectivity index (χ3v) is 7.59. The first-order chi connectivity index (χ1) is 19.2. The number of fused-ring (bicyclic) bond motifs is 1. The Balaban J connectivity index is 1.51. The fraction of sp³-hybridized carbons (Fsp3) is 0.296. The van der Waals surface area contributed by atoms with Crippen LogP contribution in [-0.2, 0) is 38.1 Å². The van der Waals surface area contributed by atoms with Crippen molar-refractivity contribution in [3.63, 3.8) is 0 Å². The van der Waals surface area contributed by atoms with Crippen molar-refractivity contribution >= 4 is 36.2 Å². The van der Waals surface area contributed by atoms with Gasteiger partial charge in [0.25, 0.3) is 0 Å². The number of imidazole rings is 1. The van der Waals surface area contributed by atoms with Gasteiger partial charge in [-0.15, -0.1) is 0 Å². The van der Waals surface area contributed by atoms with E-state index in [1.807, 2.05) is 60.7 Å². The molecule has 4 aromatic rings. The lowest BCUT2D eigenvalue weighted by Crippen LogP contribution is -2.33. The van der Waals surface area contributed by atoms with Gasteiger partial charge in [0.2, 0.25) is 0 Å². The largest absolute Gasteiger partial charge is 0.480 e. The Kier molecular flexibility index (Phi) is 9.60. The molecule has 2 heterocycles. The molecule has 0 aliphatic rings. The summed E-state index contributed by atoms with van der Waals surface area (Å²) in [5.74, 6) is -0.918. The van der Waals surface area contributed by atoms with Crippen molar-refractivity contribution in [1.29, 1.82) is 0 Å². The summed E-state index contributed by atoms with van der Waals surface area (Å²) in [6.45, 7) is 3.47. The first-order valence-electron chi connectivity index (χ1n) is 12.7. The number of nitrogen functional groups attached to an aromatic ring is 1. The predicted octanol–water partition coefficient (Wildman–Crippen LogP) is 3.88. The molecule has 2 aromatic carbocycles. The molecule has 0 saturated heterocycles. The maximum Gasteiger partial charge on any atom is 0.364 e. The van der Waals surface area contributed by atoms with E-state index in [0.29, 0.717) is 36.3 Å². The SMILES string of the molecule is C[C@H](Cn1cnc2c(N)ncnc21)OCP(=O)(N[C@@H](C)C(=O)O)ON=C(Cc1ccccc1)Cc1ccccc1. The molecule has 0 bridgehead atoms. The number of nitrogens with two attached hydrogens (primary N) is 1.